The van der Waals surface area contributed by atoms with E-state index in [0.29, 0.717) is 0 Å². The summed E-state index contributed by atoms with van der Waals surface area (Å²) in [5, 5.41) is 5.26. The van der Waals surface area contributed by atoms with Crippen molar-refractivity contribution in [3.8, 4) is 22.3 Å². The van der Waals surface area contributed by atoms with Crippen molar-refractivity contribution in [3.63, 3.8) is 0 Å². The van der Waals surface area contributed by atoms with Gasteiger partial charge in [-0.15, -0.1) is 0 Å². The Bertz CT molecular complexity index is 2590. The second-order valence-electron chi connectivity index (χ2n) is 19.3. The van der Waals surface area contributed by atoms with Gasteiger partial charge in [0.25, 0.3) is 0 Å². The Morgan fingerprint density at radius 2 is 0.793 bits per heavy atom. The Morgan fingerprint density at radius 1 is 0.397 bits per heavy atom. The summed E-state index contributed by atoms with van der Waals surface area (Å²) >= 11 is 0. The van der Waals surface area contributed by atoms with Gasteiger partial charge >= 0.3 is 0 Å². The Hall–Kier alpha value is -5.34. The number of benzene rings is 7. The molecule has 2 aliphatic carbocycles. The smallest absolute Gasteiger partial charge is 0.0517 e. The lowest BCUT2D eigenvalue weighted by Crippen LogP contribution is -2.54. The molecule has 0 bridgehead atoms. The van der Waals surface area contributed by atoms with Crippen LogP contribution in [0.1, 0.15) is 101 Å². The molecule has 2 aliphatic heterocycles. The molecule has 7 aromatic rings. The first-order valence-electron chi connectivity index (χ1n) is 22.0. The van der Waals surface area contributed by atoms with E-state index in [0.717, 1.165) is 0 Å². The standard InChI is InChI=1S/C56H56N2/c1-37-21-27-49-47(33-37)53(3)29-13-15-31-55(53,5)57(49)41-23-25-43-45(35-41)51(39-17-9-7-10-18-39)44-26-24-42(36-46(44)52(43)40-19-11-8-12-20-40)58-50-28-22-38(2)34-48(50)54(4)30-14-16-32-56(54,58)6/h7-12,17-28,33-36H,13-16,29-32H2,1-6H3. The van der Waals surface area contributed by atoms with Crippen LogP contribution >= 0.6 is 0 Å². The normalized spacial score (nSPS) is 26.1. The lowest BCUT2D eigenvalue weighted by Gasteiger charge is -2.50. The van der Waals surface area contributed by atoms with Crippen LogP contribution in [0.5, 0.6) is 0 Å². The van der Waals surface area contributed by atoms with Crippen molar-refractivity contribution in [1.82, 2.24) is 0 Å². The van der Waals surface area contributed by atoms with Gasteiger partial charge in [0.05, 0.1) is 11.1 Å². The molecule has 0 aromatic heterocycles. The van der Waals surface area contributed by atoms with Crippen molar-refractivity contribution in [2.45, 2.75) is 115 Å². The van der Waals surface area contributed by atoms with Gasteiger partial charge in [0.15, 0.2) is 0 Å². The van der Waals surface area contributed by atoms with E-state index in [1.807, 2.05) is 0 Å². The topological polar surface area (TPSA) is 6.48 Å². The largest absolute Gasteiger partial charge is 0.334 e. The van der Waals surface area contributed by atoms with Gasteiger partial charge in [0, 0.05) is 33.6 Å². The fraction of sp³-hybridized carbons (Fsp3) is 0.321. The molecule has 2 heterocycles. The Labute approximate surface area is 345 Å². The first-order valence-corrected chi connectivity index (χ1v) is 22.0. The number of hydrogen-bond donors (Lipinski definition) is 0. The van der Waals surface area contributed by atoms with Crippen molar-refractivity contribution >= 4 is 44.3 Å². The Morgan fingerprint density at radius 3 is 1.21 bits per heavy atom. The number of nitrogens with zero attached hydrogens (tertiary/aromatic N) is 2. The van der Waals surface area contributed by atoms with Crippen LogP contribution in [0.4, 0.5) is 22.7 Å². The van der Waals surface area contributed by atoms with Gasteiger partial charge in [-0.2, -0.15) is 0 Å². The van der Waals surface area contributed by atoms with Crippen LogP contribution in [0.3, 0.4) is 0 Å². The zero-order valence-corrected chi connectivity index (χ0v) is 35.3. The van der Waals surface area contributed by atoms with E-state index >= 15 is 0 Å². The molecule has 0 amide bonds. The summed E-state index contributed by atoms with van der Waals surface area (Å²) in [7, 11) is 0. The molecule has 4 atom stereocenters. The van der Waals surface area contributed by atoms with E-state index in [9.17, 15) is 0 Å². The summed E-state index contributed by atoms with van der Waals surface area (Å²) in [6, 6.07) is 51.8. The minimum absolute atomic E-state index is 0.00966. The van der Waals surface area contributed by atoms with Gasteiger partial charge < -0.3 is 9.80 Å². The molecule has 0 saturated heterocycles. The van der Waals surface area contributed by atoms with Crippen LogP contribution in [0, 0.1) is 13.8 Å². The third kappa shape index (κ3) is 4.72. The van der Waals surface area contributed by atoms with Gasteiger partial charge in [-0.3, -0.25) is 0 Å². The fourth-order valence-electron chi connectivity index (χ4n) is 12.8. The van der Waals surface area contributed by atoms with Crippen molar-refractivity contribution in [3.05, 3.63) is 156 Å². The van der Waals surface area contributed by atoms with E-state index in [-0.39, 0.29) is 21.9 Å². The molecule has 2 nitrogen and oxygen atoms in total. The summed E-state index contributed by atoms with van der Waals surface area (Å²) < 4.78 is 0. The molecule has 58 heavy (non-hydrogen) atoms. The van der Waals surface area contributed by atoms with E-state index < -0.39 is 0 Å². The van der Waals surface area contributed by atoms with Crippen LogP contribution in [-0.4, -0.2) is 11.1 Å². The third-order valence-electron chi connectivity index (χ3n) is 16.2. The molecule has 290 valence electrons. The highest BCUT2D eigenvalue weighted by Gasteiger charge is 2.59. The van der Waals surface area contributed by atoms with Gasteiger partial charge in [0.2, 0.25) is 0 Å². The van der Waals surface area contributed by atoms with Crippen LogP contribution in [0.15, 0.2) is 133 Å². The molecule has 2 fully saturated rings. The summed E-state index contributed by atoms with van der Waals surface area (Å²) in [6.45, 7) is 14.7. The Balaban J connectivity index is 1.20. The molecule has 7 aromatic carbocycles. The van der Waals surface area contributed by atoms with Crippen LogP contribution in [0.25, 0.3) is 43.8 Å². The van der Waals surface area contributed by atoms with Crippen molar-refractivity contribution in [2.24, 2.45) is 0 Å². The lowest BCUT2D eigenvalue weighted by atomic mass is 9.61. The molecule has 11 rings (SSSR count). The molecule has 2 heteroatoms. The minimum Gasteiger partial charge on any atom is -0.334 e. The van der Waals surface area contributed by atoms with Gasteiger partial charge in [-0.05, 0) is 145 Å². The summed E-state index contributed by atoms with van der Waals surface area (Å²) in [5.41, 5.74) is 16.5. The van der Waals surface area contributed by atoms with Crippen LogP contribution in [0.2, 0.25) is 0 Å². The van der Waals surface area contributed by atoms with E-state index in [1.54, 1.807) is 0 Å². The molecule has 0 radical (unpaired) electrons. The highest BCUT2D eigenvalue weighted by Crippen LogP contribution is 2.63. The van der Waals surface area contributed by atoms with Crippen LogP contribution in [-0.2, 0) is 10.8 Å². The van der Waals surface area contributed by atoms with Crippen molar-refractivity contribution in [1.29, 1.82) is 0 Å². The predicted molar refractivity (Wildman–Crippen MR) is 247 cm³/mol. The molecule has 0 spiro atoms. The lowest BCUT2D eigenvalue weighted by molar-refractivity contribution is 0.195. The zero-order chi connectivity index (χ0) is 39.6. The second-order valence-corrected chi connectivity index (χ2v) is 19.3. The Kier molecular flexibility index (Phi) is 7.76. The predicted octanol–water partition coefficient (Wildman–Crippen LogP) is 15.4. The first-order chi connectivity index (χ1) is 28.1. The number of hydrogen-bond acceptors (Lipinski definition) is 2. The number of rotatable bonds is 4. The number of anilines is 4. The molecular formula is C56H56N2. The minimum atomic E-state index is -0.00966. The third-order valence-corrected chi connectivity index (χ3v) is 16.2. The van der Waals surface area contributed by atoms with Gasteiger partial charge in [-0.25, -0.2) is 0 Å². The maximum Gasteiger partial charge on any atom is 0.0517 e. The monoisotopic (exact) mass is 756 g/mol. The molecule has 4 unspecified atom stereocenters. The number of fused-ring (bicyclic) bond motifs is 8. The SMILES string of the molecule is Cc1ccc2c(c1)C1(C)CCCCC1(C)N2c1ccc2c(-c3ccccc3)c3cc(N4c5ccc(C)cc5C5(C)CCCCC45C)ccc3c(-c3ccccc3)c2c1. The summed E-state index contributed by atoms with van der Waals surface area (Å²) in [4.78, 5) is 5.50. The first kappa shape index (κ1) is 35.8. The average Bonchev–Trinajstić information content (AvgIpc) is 3.57. The fourth-order valence-corrected chi connectivity index (χ4v) is 12.8. The van der Waals surface area contributed by atoms with E-state index in [4.69, 9.17) is 0 Å². The molecule has 4 aliphatic rings. The molecular weight excluding hydrogens is 701 g/mol. The van der Waals surface area contributed by atoms with E-state index in [1.165, 1.54) is 140 Å². The maximum absolute atomic E-state index is 2.75. The second kappa shape index (κ2) is 12.6. The maximum atomic E-state index is 2.75. The highest BCUT2D eigenvalue weighted by atomic mass is 15.3. The molecule has 2 saturated carbocycles. The molecule has 0 N–H and O–H groups in total. The quantitative estimate of drug-likeness (QED) is 0.165. The summed E-state index contributed by atoms with van der Waals surface area (Å²) in [6.07, 6.45) is 9.94. The van der Waals surface area contributed by atoms with E-state index in [2.05, 4.69) is 185 Å². The van der Waals surface area contributed by atoms with Crippen LogP contribution < -0.4 is 9.80 Å². The highest BCUT2D eigenvalue weighted by molar-refractivity contribution is 6.22. The van der Waals surface area contributed by atoms with Crippen molar-refractivity contribution < 1.29 is 0 Å². The summed E-state index contributed by atoms with van der Waals surface area (Å²) in [5.74, 6) is 0. The van der Waals surface area contributed by atoms with Gasteiger partial charge in [0.1, 0.15) is 0 Å². The van der Waals surface area contributed by atoms with Gasteiger partial charge in [-0.1, -0.05) is 148 Å². The van der Waals surface area contributed by atoms with Crippen molar-refractivity contribution in [2.75, 3.05) is 9.80 Å². The average molecular weight is 757 g/mol. The number of aryl methyl sites for hydroxylation is 2. The zero-order valence-electron chi connectivity index (χ0n) is 35.3.